The minimum atomic E-state index is -0.120. The Bertz CT molecular complexity index is 456. The maximum atomic E-state index is 13.6. The van der Waals surface area contributed by atoms with Crippen molar-refractivity contribution >= 4 is 5.91 Å². The van der Waals surface area contributed by atoms with Gasteiger partial charge in [0.1, 0.15) is 5.82 Å². The van der Waals surface area contributed by atoms with Crippen LogP contribution >= 0.6 is 0 Å². The van der Waals surface area contributed by atoms with Crippen molar-refractivity contribution in [2.75, 3.05) is 26.7 Å². The molecule has 1 aliphatic heterocycles. The van der Waals surface area contributed by atoms with Gasteiger partial charge in [-0.05, 0) is 37.9 Å². The number of hydrogen-bond donors (Lipinski definition) is 0. The van der Waals surface area contributed by atoms with Gasteiger partial charge in [-0.2, -0.15) is 0 Å². The van der Waals surface area contributed by atoms with Gasteiger partial charge in [0, 0.05) is 32.6 Å². The number of carbonyl (C=O) groups is 1. The van der Waals surface area contributed by atoms with E-state index in [1.807, 2.05) is 19.2 Å². The summed E-state index contributed by atoms with van der Waals surface area (Å²) in [6, 6.07) is 6.98. The molecule has 0 spiro atoms. The first-order valence-corrected chi connectivity index (χ1v) is 7.23. The number of likely N-dealkylation sites (tertiary alicyclic amines) is 1. The molecule has 1 heterocycles. The summed E-state index contributed by atoms with van der Waals surface area (Å²) in [5, 5.41) is 0. The molecule has 1 aromatic rings. The van der Waals surface area contributed by atoms with Crippen LogP contribution in [-0.4, -0.2) is 42.4 Å². The molecule has 20 heavy (non-hydrogen) atoms. The highest BCUT2D eigenvalue weighted by Gasteiger charge is 2.21. The fourth-order valence-electron chi connectivity index (χ4n) is 2.71. The number of rotatable bonds is 4. The van der Waals surface area contributed by atoms with Crippen molar-refractivity contribution < 1.29 is 9.18 Å². The lowest BCUT2D eigenvalue weighted by atomic mass is 9.96. The molecule has 0 atom stereocenters. The number of amides is 1. The van der Waals surface area contributed by atoms with Gasteiger partial charge in [0.2, 0.25) is 5.91 Å². The Hall–Kier alpha value is -1.42. The first kappa shape index (κ1) is 15.0. The maximum absolute atomic E-state index is 13.6. The summed E-state index contributed by atoms with van der Waals surface area (Å²) in [7, 11) is 1.86. The largest absolute Gasteiger partial charge is 0.346 e. The Morgan fingerprint density at radius 2 is 2.00 bits per heavy atom. The normalized spacial score (nSPS) is 17.1. The molecular formula is C16H23FN2O. The highest BCUT2D eigenvalue weighted by atomic mass is 19.1. The molecular weight excluding hydrogens is 255 g/mol. The third-order valence-corrected chi connectivity index (χ3v) is 4.13. The van der Waals surface area contributed by atoms with Crippen molar-refractivity contribution in [2.45, 2.75) is 26.3 Å². The quantitative estimate of drug-likeness (QED) is 0.845. The van der Waals surface area contributed by atoms with Gasteiger partial charge in [-0.25, -0.2) is 4.39 Å². The average Bonchev–Trinajstić information content (AvgIpc) is 2.43. The van der Waals surface area contributed by atoms with Crippen molar-refractivity contribution in [1.82, 2.24) is 9.80 Å². The molecule has 0 N–H and O–H groups in total. The number of halogens is 1. The molecule has 1 amide bonds. The van der Waals surface area contributed by atoms with Gasteiger partial charge in [-0.3, -0.25) is 9.69 Å². The zero-order valence-corrected chi connectivity index (χ0v) is 12.3. The first-order chi connectivity index (χ1) is 9.56. The van der Waals surface area contributed by atoms with Crippen LogP contribution in [0.1, 0.15) is 25.3 Å². The van der Waals surface area contributed by atoms with E-state index in [0.29, 0.717) is 12.5 Å². The highest BCUT2D eigenvalue weighted by molar-refractivity contribution is 5.72. The number of hydrogen-bond acceptors (Lipinski definition) is 2. The molecule has 0 aliphatic carbocycles. The van der Waals surface area contributed by atoms with Gasteiger partial charge in [0.05, 0.1) is 0 Å². The molecule has 110 valence electrons. The molecule has 0 unspecified atom stereocenters. The minimum absolute atomic E-state index is 0.120. The third kappa shape index (κ3) is 4.04. The van der Waals surface area contributed by atoms with Crippen molar-refractivity contribution in [3.05, 3.63) is 35.6 Å². The summed E-state index contributed by atoms with van der Waals surface area (Å²) in [5.74, 6) is 0.575. The van der Waals surface area contributed by atoms with Crippen molar-refractivity contribution in [1.29, 1.82) is 0 Å². The van der Waals surface area contributed by atoms with Crippen LogP contribution in [0, 0.1) is 11.7 Å². The summed E-state index contributed by atoms with van der Waals surface area (Å²) in [6.07, 6.45) is 2.15. The lowest BCUT2D eigenvalue weighted by molar-refractivity contribution is -0.128. The maximum Gasteiger partial charge on any atom is 0.219 e. The van der Waals surface area contributed by atoms with Crippen LogP contribution < -0.4 is 0 Å². The second-order valence-corrected chi connectivity index (χ2v) is 5.71. The highest BCUT2D eigenvalue weighted by Crippen LogP contribution is 2.20. The van der Waals surface area contributed by atoms with Crippen LogP contribution in [0.25, 0.3) is 0 Å². The molecule has 1 fully saturated rings. The smallest absolute Gasteiger partial charge is 0.219 e. The Labute approximate surface area is 120 Å². The predicted molar refractivity (Wildman–Crippen MR) is 77.7 cm³/mol. The molecule has 1 aromatic carbocycles. The van der Waals surface area contributed by atoms with E-state index in [4.69, 9.17) is 0 Å². The van der Waals surface area contributed by atoms with Crippen LogP contribution in [-0.2, 0) is 11.3 Å². The molecule has 0 saturated carbocycles. The second-order valence-electron chi connectivity index (χ2n) is 5.71. The van der Waals surface area contributed by atoms with Crippen molar-refractivity contribution in [3.8, 4) is 0 Å². The predicted octanol–water partition coefficient (Wildman–Crippen LogP) is 2.52. The summed E-state index contributed by atoms with van der Waals surface area (Å²) >= 11 is 0. The summed E-state index contributed by atoms with van der Waals surface area (Å²) in [6.45, 7) is 5.08. The molecule has 0 radical (unpaired) electrons. The lowest BCUT2D eigenvalue weighted by Crippen LogP contribution is -2.38. The topological polar surface area (TPSA) is 23.6 Å². The minimum Gasteiger partial charge on any atom is -0.346 e. The molecule has 2 rings (SSSR count). The molecule has 0 aromatic heterocycles. The van der Waals surface area contributed by atoms with Gasteiger partial charge < -0.3 is 4.90 Å². The van der Waals surface area contributed by atoms with Gasteiger partial charge >= 0.3 is 0 Å². The monoisotopic (exact) mass is 278 g/mol. The molecule has 3 nitrogen and oxygen atoms in total. The van der Waals surface area contributed by atoms with E-state index in [1.54, 1.807) is 17.9 Å². The van der Waals surface area contributed by atoms with Gasteiger partial charge in [-0.1, -0.05) is 18.2 Å². The number of nitrogens with zero attached hydrogens (tertiary/aromatic N) is 2. The van der Waals surface area contributed by atoms with Crippen molar-refractivity contribution in [3.63, 3.8) is 0 Å². The van der Waals surface area contributed by atoms with E-state index in [0.717, 1.165) is 38.0 Å². The van der Waals surface area contributed by atoms with Crippen molar-refractivity contribution in [2.24, 2.45) is 5.92 Å². The Morgan fingerprint density at radius 3 is 2.60 bits per heavy atom. The zero-order chi connectivity index (χ0) is 14.5. The summed E-state index contributed by atoms with van der Waals surface area (Å²) in [4.78, 5) is 15.3. The Kier molecular flexibility index (Phi) is 5.12. The number of carbonyl (C=O) groups excluding carboxylic acids is 1. The number of benzene rings is 1. The van der Waals surface area contributed by atoms with Gasteiger partial charge in [0.25, 0.3) is 0 Å². The first-order valence-electron chi connectivity index (χ1n) is 7.23. The standard InChI is InChI=1S/C16H23FN2O/c1-13(20)18(2)11-14-7-9-19(10-8-14)12-15-5-3-4-6-16(15)17/h3-6,14H,7-12H2,1-2H3. The van der Waals surface area contributed by atoms with E-state index in [9.17, 15) is 9.18 Å². The molecule has 4 heteroatoms. The zero-order valence-electron chi connectivity index (χ0n) is 12.3. The number of piperidine rings is 1. The fraction of sp³-hybridized carbons (Fsp3) is 0.562. The fourth-order valence-corrected chi connectivity index (χ4v) is 2.71. The van der Waals surface area contributed by atoms with Crippen LogP contribution in [0.15, 0.2) is 24.3 Å². The Balaban J connectivity index is 1.80. The van der Waals surface area contributed by atoms with E-state index in [2.05, 4.69) is 4.90 Å². The van der Waals surface area contributed by atoms with Crippen LogP contribution in [0.5, 0.6) is 0 Å². The van der Waals surface area contributed by atoms with E-state index < -0.39 is 0 Å². The van der Waals surface area contributed by atoms with Gasteiger partial charge in [-0.15, -0.1) is 0 Å². The van der Waals surface area contributed by atoms with Crippen LogP contribution in [0.2, 0.25) is 0 Å². The SMILES string of the molecule is CC(=O)N(C)CC1CCN(Cc2ccccc2F)CC1. The van der Waals surface area contributed by atoms with Crippen LogP contribution in [0.4, 0.5) is 4.39 Å². The summed E-state index contributed by atoms with van der Waals surface area (Å²) in [5.41, 5.74) is 0.770. The summed E-state index contributed by atoms with van der Waals surface area (Å²) < 4.78 is 13.6. The lowest BCUT2D eigenvalue weighted by Gasteiger charge is -2.33. The molecule has 1 aliphatic rings. The second kappa shape index (κ2) is 6.84. The Morgan fingerprint density at radius 1 is 1.35 bits per heavy atom. The van der Waals surface area contributed by atoms with E-state index in [1.165, 1.54) is 6.07 Å². The third-order valence-electron chi connectivity index (χ3n) is 4.13. The van der Waals surface area contributed by atoms with Gasteiger partial charge in [0.15, 0.2) is 0 Å². The average molecular weight is 278 g/mol. The molecule has 1 saturated heterocycles. The van der Waals surface area contributed by atoms with E-state index in [-0.39, 0.29) is 11.7 Å². The van der Waals surface area contributed by atoms with E-state index >= 15 is 0 Å². The molecule has 0 bridgehead atoms. The van der Waals surface area contributed by atoms with Crippen LogP contribution in [0.3, 0.4) is 0 Å².